The first-order chi connectivity index (χ1) is 9.51. The topological polar surface area (TPSA) is 75.3 Å². The number of sulfonamides is 1. The molecule has 0 saturated heterocycles. The fraction of sp³-hybridized carbons (Fsp3) is 0.0714. The third kappa shape index (κ3) is 3.36. The van der Waals surface area contributed by atoms with Crippen molar-refractivity contribution in [2.24, 2.45) is 0 Å². The number of hydrogen-bond donors (Lipinski definition) is 2. The van der Waals surface area contributed by atoms with Crippen LogP contribution in [0.25, 0.3) is 0 Å². The van der Waals surface area contributed by atoms with E-state index in [0.717, 1.165) is 5.56 Å². The van der Waals surface area contributed by atoms with Crippen LogP contribution in [0.3, 0.4) is 0 Å². The standard InChI is InChI=1S/C14H13N2O3S/c1-11-5-7-14(8-6-11)20(18,19)16-13-4-2-3-12(9-13)15-10-17/h2-9,16H,1H3,(H,15,17). The Morgan fingerprint density at radius 1 is 1.00 bits per heavy atom. The minimum atomic E-state index is -3.64. The number of carbonyl (C=O) groups excluding carboxylic acids is 1. The third-order valence-corrected chi connectivity index (χ3v) is 4.04. The maximum atomic E-state index is 12.2. The third-order valence-electron chi connectivity index (χ3n) is 2.64. The minimum absolute atomic E-state index is 0.184. The van der Waals surface area contributed by atoms with Gasteiger partial charge in [-0.25, -0.2) is 8.42 Å². The summed E-state index contributed by atoms with van der Waals surface area (Å²) in [6.07, 6.45) is 1.53. The average Bonchev–Trinajstić information content (AvgIpc) is 2.39. The minimum Gasteiger partial charge on any atom is -0.318 e. The van der Waals surface area contributed by atoms with Crippen LogP contribution in [-0.2, 0) is 14.8 Å². The molecule has 0 aromatic heterocycles. The smallest absolute Gasteiger partial charge is 0.314 e. The van der Waals surface area contributed by atoms with Gasteiger partial charge in [-0.2, -0.15) is 0 Å². The maximum absolute atomic E-state index is 12.2. The van der Waals surface area contributed by atoms with E-state index in [1.54, 1.807) is 42.5 Å². The summed E-state index contributed by atoms with van der Waals surface area (Å²) in [5, 5.41) is 2.34. The summed E-state index contributed by atoms with van der Waals surface area (Å²) in [5.74, 6) is 0. The highest BCUT2D eigenvalue weighted by Gasteiger charge is 2.13. The largest absolute Gasteiger partial charge is 0.318 e. The molecule has 2 rings (SSSR count). The zero-order valence-corrected chi connectivity index (χ0v) is 11.6. The fourth-order valence-corrected chi connectivity index (χ4v) is 2.70. The molecule has 0 aliphatic rings. The molecule has 0 fully saturated rings. The van der Waals surface area contributed by atoms with E-state index in [9.17, 15) is 13.2 Å². The van der Waals surface area contributed by atoms with Crippen molar-refractivity contribution in [1.29, 1.82) is 0 Å². The molecule has 2 aromatic rings. The van der Waals surface area contributed by atoms with Gasteiger partial charge in [0.1, 0.15) is 0 Å². The van der Waals surface area contributed by atoms with Crippen LogP contribution in [0.4, 0.5) is 11.4 Å². The van der Waals surface area contributed by atoms with Gasteiger partial charge in [0.05, 0.1) is 10.6 Å². The van der Waals surface area contributed by atoms with E-state index in [0.29, 0.717) is 11.4 Å². The van der Waals surface area contributed by atoms with Crippen molar-refractivity contribution in [3.05, 3.63) is 54.1 Å². The van der Waals surface area contributed by atoms with Crippen molar-refractivity contribution < 1.29 is 13.2 Å². The summed E-state index contributed by atoms with van der Waals surface area (Å²) in [6.45, 7) is 1.88. The second-order valence-corrected chi connectivity index (χ2v) is 5.91. The van der Waals surface area contributed by atoms with Crippen LogP contribution in [0.1, 0.15) is 5.56 Å². The van der Waals surface area contributed by atoms with E-state index >= 15 is 0 Å². The molecule has 0 aliphatic carbocycles. The SMILES string of the molecule is Cc1ccc(S(=O)(=O)Nc2cccc(N[C]=O)c2)cc1. The summed E-state index contributed by atoms with van der Waals surface area (Å²) in [5.41, 5.74) is 1.81. The van der Waals surface area contributed by atoms with Crippen LogP contribution < -0.4 is 10.0 Å². The molecular formula is C14H13N2O3S. The van der Waals surface area contributed by atoms with Crippen molar-refractivity contribution in [2.45, 2.75) is 11.8 Å². The Morgan fingerprint density at radius 2 is 1.65 bits per heavy atom. The molecule has 1 radical (unpaired) electrons. The molecule has 6 heteroatoms. The van der Waals surface area contributed by atoms with Gasteiger partial charge in [0, 0.05) is 5.69 Å². The number of nitrogens with one attached hydrogen (secondary N) is 2. The summed E-state index contributed by atoms with van der Waals surface area (Å²) in [4.78, 5) is 10.4. The van der Waals surface area contributed by atoms with Gasteiger partial charge in [0.15, 0.2) is 0 Å². The average molecular weight is 289 g/mol. The van der Waals surface area contributed by atoms with Gasteiger partial charge >= 0.3 is 6.41 Å². The Hall–Kier alpha value is -2.34. The zero-order chi connectivity index (χ0) is 14.6. The van der Waals surface area contributed by atoms with Gasteiger partial charge in [-0.1, -0.05) is 23.8 Å². The van der Waals surface area contributed by atoms with Gasteiger partial charge in [0.25, 0.3) is 10.0 Å². The fourth-order valence-electron chi connectivity index (χ4n) is 1.65. The van der Waals surface area contributed by atoms with Crippen LogP contribution in [0, 0.1) is 6.92 Å². The number of amides is 1. The normalized spacial score (nSPS) is 10.8. The van der Waals surface area contributed by atoms with E-state index in [1.165, 1.54) is 12.5 Å². The first kappa shape index (κ1) is 14.1. The van der Waals surface area contributed by atoms with Crippen LogP contribution in [0.5, 0.6) is 0 Å². The molecule has 0 unspecified atom stereocenters. The monoisotopic (exact) mass is 289 g/mol. The summed E-state index contributed by atoms with van der Waals surface area (Å²) < 4.78 is 26.8. The highest BCUT2D eigenvalue weighted by molar-refractivity contribution is 7.92. The Kier molecular flexibility index (Phi) is 4.05. The molecule has 2 aromatic carbocycles. The zero-order valence-electron chi connectivity index (χ0n) is 10.8. The van der Waals surface area contributed by atoms with E-state index in [4.69, 9.17) is 0 Å². The molecule has 0 bridgehead atoms. The highest BCUT2D eigenvalue weighted by atomic mass is 32.2. The molecule has 103 valence electrons. The maximum Gasteiger partial charge on any atom is 0.314 e. The van der Waals surface area contributed by atoms with Crippen molar-refractivity contribution in [1.82, 2.24) is 0 Å². The molecule has 0 saturated carbocycles. The second kappa shape index (κ2) is 5.75. The van der Waals surface area contributed by atoms with Crippen LogP contribution >= 0.6 is 0 Å². The van der Waals surface area contributed by atoms with E-state index < -0.39 is 10.0 Å². The van der Waals surface area contributed by atoms with Crippen molar-refractivity contribution in [3.63, 3.8) is 0 Å². The molecule has 1 amide bonds. The van der Waals surface area contributed by atoms with Crippen molar-refractivity contribution in [3.8, 4) is 0 Å². The predicted octanol–water partition coefficient (Wildman–Crippen LogP) is 2.27. The van der Waals surface area contributed by atoms with Gasteiger partial charge in [-0.3, -0.25) is 9.52 Å². The number of aryl methyl sites for hydroxylation is 1. The first-order valence-electron chi connectivity index (χ1n) is 5.84. The number of anilines is 2. The van der Waals surface area contributed by atoms with E-state index in [1.807, 2.05) is 6.92 Å². The Bertz CT molecular complexity index is 709. The van der Waals surface area contributed by atoms with Gasteiger partial charge in [0.2, 0.25) is 0 Å². The van der Waals surface area contributed by atoms with Gasteiger partial charge < -0.3 is 5.32 Å². The number of hydrogen-bond acceptors (Lipinski definition) is 3. The first-order valence-corrected chi connectivity index (χ1v) is 7.32. The molecule has 0 spiro atoms. The molecule has 20 heavy (non-hydrogen) atoms. The lowest BCUT2D eigenvalue weighted by Gasteiger charge is -2.09. The van der Waals surface area contributed by atoms with E-state index in [2.05, 4.69) is 10.0 Å². The number of rotatable bonds is 5. The molecule has 0 atom stereocenters. The molecule has 0 aliphatic heterocycles. The number of benzene rings is 2. The Balaban J connectivity index is 2.26. The predicted molar refractivity (Wildman–Crippen MR) is 77.7 cm³/mol. The summed E-state index contributed by atoms with van der Waals surface area (Å²) in [7, 11) is -3.64. The lowest BCUT2D eigenvalue weighted by Crippen LogP contribution is -2.13. The van der Waals surface area contributed by atoms with Crippen LogP contribution in [-0.4, -0.2) is 14.8 Å². The van der Waals surface area contributed by atoms with E-state index in [-0.39, 0.29) is 4.90 Å². The highest BCUT2D eigenvalue weighted by Crippen LogP contribution is 2.19. The van der Waals surface area contributed by atoms with Crippen LogP contribution in [0.15, 0.2) is 53.4 Å². The molecular weight excluding hydrogens is 276 g/mol. The quantitative estimate of drug-likeness (QED) is 0.829. The second-order valence-electron chi connectivity index (χ2n) is 4.23. The van der Waals surface area contributed by atoms with Crippen LogP contribution in [0.2, 0.25) is 0 Å². The Labute approximate surface area is 117 Å². The van der Waals surface area contributed by atoms with Gasteiger partial charge in [-0.15, -0.1) is 0 Å². The van der Waals surface area contributed by atoms with Crippen molar-refractivity contribution in [2.75, 3.05) is 10.0 Å². The lowest BCUT2D eigenvalue weighted by molar-refractivity contribution is 0.561. The van der Waals surface area contributed by atoms with Gasteiger partial charge in [-0.05, 0) is 37.3 Å². The molecule has 0 heterocycles. The molecule has 5 nitrogen and oxygen atoms in total. The molecule has 2 N–H and O–H groups in total. The van der Waals surface area contributed by atoms with Crippen molar-refractivity contribution >= 4 is 27.8 Å². The summed E-state index contributed by atoms with van der Waals surface area (Å²) in [6, 6.07) is 12.9. The lowest BCUT2D eigenvalue weighted by atomic mass is 10.2. The summed E-state index contributed by atoms with van der Waals surface area (Å²) >= 11 is 0. The Morgan fingerprint density at radius 3 is 2.30 bits per heavy atom.